The Morgan fingerprint density at radius 3 is 2.46 bits per heavy atom. The van der Waals surface area contributed by atoms with Gasteiger partial charge in [0.1, 0.15) is 12.4 Å². The van der Waals surface area contributed by atoms with Crippen LogP contribution in [0.5, 0.6) is 5.75 Å². The van der Waals surface area contributed by atoms with Crippen molar-refractivity contribution in [1.82, 2.24) is 5.32 Å². The molecule has 2 aromatic carbocycles. The van der Waals surface area contributed by atoms with Crippen LogP contribution >= 0.6 is 0 Å². The molecule has 0 saturated heterocycles. The van der Waals surface area contributed by atoms with Crippen LogP contribution in [0.4, 0.5) is 0 Å². The number of ether oxygens (including phenoxy) is 3. The highest BCUT2D eigenvalue weighted by atomic mass is 16.5. The highest BCUT2D eigenvalue weighted by molar-refractivity contribution is 5.92. The normalized spacial score (nSPS) is 11.5. The molecule has 0 aliphatic heterocycles. The standard InChI is InChI=1S/C20H23NO5/c1-15(12-24-2)21-19(22)14-26-20(23)18-11-7-6-8-16(18)13-25-17-9-4-3-5-10-17/h3-11,15H,12-14H2,1-2H3,(H,21,22). The molecule has 0 aromatic heterocycles. The number of amides is 1. The molecule has 1 N–H and O–H groups in total. The summed E-state index contributed by atoms with van der Waals surface area (Å²) in [7, 11) is 1.55. The molecule has 6 nitrogen and oxygen atoms in total. The van der Waals surface area contributed by atoms with Gasteiger partial charge in [0.25, 0.3) is 5.91 Å². The number of carbonyl (C=O) groups excluding carboxylic acids is 2. The van der Waals surface area contributed by atoms with Crippen molar-refractivity contribution in [2.75, 3.05) is 20.3 Å². The van der Waals surface area contributed by atoms with Crippen molar-refractivity contribution in [3.05, 3.63) is 65.7 Å². The highest BCUT2D eigenvalue weighted by Crippen LogP contribution is 2.15. The van der Waals surface area contributed by atoms with Crippen molar-refractivity contribution in [2.45, 2.75) is 19.6 Å². The van der Waals surface area contributed by atoms with Crippen molar-refractivity contribution in [2.24, 2.45) is 0 Å². The van der Waals surface area contributed by atoms with E-state index in [1.165, 1.54) is 0 Å². The van der Waals surface area contributed by atoms with E-state index in [4.69, 9.17) is 14.2 Å². The summed E-state index contributed by atoms with van der Waals surface area (Å²) in [6, 6.07) is 16.2. The Balaban J connectivity index is 1.91. The SMILES string of the molecule is COCC(C)NC(=O)COC(=O)c1ccccc1COc1ccccc1. The maximum atomic E-state index is 12.3. The summed E-state index contributed by atoms with van der Waals surface area (Å²) in [4.78, 5) is 24.1. The third kappa shape index (κ3) is 6.22. The zero-order valence-corrected chi connectivity index (χ0v) is 14.9. The molecule has 6 heteroatoms. The van der Waals surface area contributed by atoms with E-state index >= 15 is 0 Å². The van der Waals surface area contributed by atoms with Crippen LogP contribution in [0, 0.1) is 0 Å². The monoisotopic (exact) mass is 357 g/mol. The summed E-state index contributed by atoms with van der Waals surface area (Å²) in [5.74, 6) is -0.227. The van der Waals surface area contributed by atoms with Crippen LogP contribution in [0.25, 0.3) is 0 Å². The largest absolute Gasteiger partial charge is 0.489 e. The third-order valence-corrected chi connectivity index (χ3v) is 3.53. The average Bonchev–Trinajstić information content (AvgIpc) is 2.65. The van der Waals surface area contributed by atoms with Gasteiger partial charge in [0.15, 0.2) is 6.61 Å². The number of benzene rings is 2. The van der Waals surface area contributed by atoms with E-state index in [2.05, 4.69) is 5.32 Å². The molecule has 0 bridgehead atoms. The first-order valence-electron chi connectivity index (χ1n) is 8.31. The molecule has 0 saturated carbocycles. The molecule has 0 spiro atoms. The first-order chi connectivity index (χ1) is 12.6. The Labute approximate surface area is 153 Å². The van der Waals surface area contributed by atoms with Crippen LogP contribution < -0.4 is 10.1 Å². The lowest BCUT2D eigenvalue weighted by atomic mass is 10.1. The number of esters is 1. The Kier molecular flexibility index (Phi) is 7.64. The second-order valence-corrected chi connectivity index (χ2v) is 5.76. The number of methoxy groups -OCH3 is 1. The van der Waals surface area contributed by atoms with Crippen LogP contribution in [0.3, 0.4) is 0 Å². The summed E-state index contributed by atoms with van der Waals surface area (Å²) in [6.07, 6.45) is 0. The Morgan fingerprint density at radius 2 is 1.73 bits per heavy atom. The molecule has 2 aromatic rings. The van der Waals surface area contributed by atoms with Gasteiger partial charge in [0.2, 0.25) is 0 Å². The zero-order chi connectivity index (χ0) is 18.8. The Morgan fingerprint density at radius 1 is 1.04 bits per heavy atom. The van der Waals surface area contributed by atoms with Crippen LogP contribution in [0.1, 0.15) is 22.8 Å². The number of carbonyl (C=O) groups is 2. The molecule has 0 radical (unpaired) electrons. The van der Waals surface area contributed by atoms with E-state index in [-0.39, 0.29) is 25.2 Å². The Hall–Kier alpha value is -2.86. The second kappa shape index (κ2) is 10.2. The second-order valence-electron chi connectivity index (χ2n) is 5.76. The molecule has 0 fully saturated rings. The maximum absolute atomic E-state index is 12.3. The van der Waals surface area contributed by atoms with Crippen LogP contribution in [0.15, 0.2) is 54.6 Å². The predicted molar refractivity (Wildman–Crippen MR) is 97.0 cm³/mol. The summed E-state index contributed by atoms with van der Waals surface area (Å²) in [6.45, 7) is 2.08. The summed E-state index contributed by atoms with van der Waals surface area (Å²) in [5.41, 5.74) is 1.07. The topological polar surface area (TPSA) is 73.9 Å². The lowest BCUT2D eigenvalue weighted by molar-refractivity contribution is -0.125. The van der Waals surface area contributed by atoms with Crippen LogP contribution in [-0.4, -0.2) is 38.2 Å². The van der Waals surface area contributed by atoms with E-state index in [0.29, 0.717) is 23.5 Å². The van der Waals surface area contributed by atoms with E-state index in [9.17, 15) is 9.59 Å². The van der Waals surface area contributed by atoms with Gasteiger partial charge in [-0.1, -0.05) is 36.4 Å². The molecular weight excluding hydrogens is 334 g/mol. The minimum absolute atomic E-state index is 0.155. The fourth-order valence-electron chi connectivity index (χ4n) is 2.34. The van der Waals surface area contributed by atoms with Crippen molar-refractivity contribution in [3.8, 4) is 5.75 Å². The van der Waals surface area contributed by atoms with Gasteiger partial charge < -0.3 is 19.5 Å². The first kappa shape index (κ1) is 19.5. The van der Waals surface area contributed by atoms with E-state index in [1.54, 1.807) is 32.2 Å². The lowest BCUT2D eigenvalue weighted by Crippen LogP contribution is -2.38. The van der Waals surface area contributed by atoms with E-state index < -0.39 is 5.97 Å². The molecular formula is C20H23NO5. The van der Waals surface area contributed by atoms with Gasteiger partial charge in [0.05, 0.1) is 12.2 Å². The molecule has 0 aliphatic carbocycles. The van der Waals surface area contributed by atoms with Crippen molar-refractivity contribution >= 4 is 11.9 Å². The van der Waals surface area contributed by atoms with Gasteiger partial charge in [-0.15, -0.1) is 0 Å². The molecule has 26 heavy (non-hydrogen) atoms. The first-order valence-corrected chi connectivity index (χ1v) is 8.31. The number of rotatable bonds is 9. The van der Waals surface area contributed by atoms with Gasteiger partial charge >= 0.3 is 5.97 Å². The van der Waals surface area contributed by atoms with Crippen LogP contribution in [-0.2, 0) is 20.9 Å². The zero-order valence-electron chi connectivity index (χ0n) is 14.9. The molecule has 0 heterocycles. The fourth-order valence-corrected chi connectivity index (χ4v) is 2.34. The molecule has 1 unspecified atom stereocenters. The van der Waals surface area contributed by atoms with Gasteiger partial charge in [-0.2, -0.15) is 0 Å². The molecule has 138 valence electrons. The van der Waals surface area contributed by atoms with Crippen LogP contribution in [0.2, 0.25) is 0 Å². The van der Waals surface area contributed by atoms with Gasteiger partial charge in [-0.3, -0.25) is 4.79 Å². The smallest absolute Gasteiger partial charge is 0.339 e. The summed E-state index contributed by atoms with van der Waals surface area (Å²) in [5, 5.41) is 2.68. The summed E-state index contributed by atoms with van der Waals surface area (Å²) < 4.78 is 15.7. The highest BCUT2D eigenvalue weighted by Gasteiger charge is 2.15. The quantitative estimate of drug-likeness (QED) is 0.698. The number of nitrogens with one attached hydrogen (secondary N) is 1. The van der Waals surface area contributed by atoms with Gasteiger partial charge in [0, 0.05) is 18.7 Å². The average molecular weight is 357 g/mol. The van der Waals surface area contributed by atoms with E-state index in [0.717, 1.165) is 0 Å². The van der Waals surface area contributed by atoms with Gasteiger partial charge in [-0.05, 0) is 25.1 Å². The predicted octanol–water partition coefficient (Wildman–Crippen LogP) is 2.57. The molecule has 1 amide bonds. The van der Waals surface area contributed by atoms with Crippen molar-refractivity contribution in [1.29, 1.82) is 0 Å². The van der Waals surface area contributed by atoms with Crippen molar-refractivity contribution in [3.63, 3.8) is 0 Å². The molecule has 1 atom stereocenters. The van der Waals surface area contributed by atoms with E-state index in [1.807, 2.05) is 36.4 Å². The Bertz CT molecular complexity index is 717. The number of hydrogen-bond acceptors (Lipinski definition) is 5. The minimum Gasteiger partial charge on any atom is -0.489 e. The van der Waals surface area contributed by atoms with Crippen molar-refractivity contribution < 1.29 is 23.8 Å². The number of hydrogen-bond donors (Lipinski definition) is 1. The number of para-hydroxylation sites is 1. The third-order valence-electron chi connectivity index (χ3n) is 3.53. The summed E-state index contributed by atoms with van der Waals surface area (Å²) >= 11 is 0. The van der Waals surface area contributed by atoms with Gasteiger partial charge in [-0.25, -0.2) is 4.79 Å². The molecule has 2 rings (SSSR count). The fraction of sp³-hybridized carbons (Fsp3) is 0.300. The molecule has 0 aliphatic rings. The maximum Gasteiger partial charge on any atom is 0.339 e. The lowest BCUT2D eigenvalue weighted by Gasteiger charge is -2.13. The minimum atomic E-state index is -0.563.